The van der Waals surface area contributed by atoms with Crippen LogP contribution in [0.25, 0.3) is 0 Å². The second-order valence-electron chi connectivity index (χ2n) is 4.37. The van der Waals surface area contributed by atoms with Gasteiger partial charge in [-0.25, -0.2) is 0 Å². The Kier molecular flexibility index (Phi) is 6.08. The van der Waals surface area contributed by atoms with Crippen LogP contribution in [0.3, 0.4) is 0 Å². The molecule has 0 bridgehead atoms. The van der Waals surface area contributed by atoms with Crippen LogP contribution in [-0.2, 0) is 4.74 Å². The maximum absolute atomic E-state index is 9.75. The first kappa shape index (κ1) is 15.4. The smallest absolute Gasteiger partial charge is 0.0947 e. The topological polar surface area (TPSA) is 52.9 Å². The first-order valence-corrected chi connectivity index (χ1v) is 6.60. The van der Waals surface area contributed by atoms with E-state index in [0.717, 1.165) is 15.7 Å². The van der Waals surface area contributed by atoms with Crippen LogP contribution >= 0.6 is 15.9 Å². The molecule has 0 amide bonds. The number of aliphatic hydroxyl groups excluding tert-OH is 2. The lowest BCUT2D eigenvalue weighted by molar-refractivity contribution is 0.0694. The number of hydrogen-bond acceptors (Lipinski definition) is 4. The molecule has 2 unspecified atom stereocenters. The van der Waals surface area contributed by atoms with Gasteiger partial charge in [0.2, 0.25) is 0 Å². The Morgan fingerprint density at radius 3 is 2.61 bits per heavy atom. The fraction of sp³-hybridized carbons (Fsp3) is 0.538. The second-order valence-corrected chi connectivity index (χ2v) is 5.28. The normalized spacial score (nSPS) is 14.3. The summed E-state index contributed by atoms with van der Waals surface area (Å²) in [4.78, 5) is 1.91. The van der Waals surface area contributed by atoms with E-state index >= 15 is 0 Å². The molecule has 0 fully saturated rings. The maximum atomic E-state index is 9.75. The molecule has 0 aliphatic rings. The highest BCUT2D eigenvalue weighted by atomic mass is 79.9. The summed E-state index contributed by atoms with van der Waals surface area (Å²) in [5.74, 6) is 0. The van der Waals surface area contributed by atoms with Crippen molar-refractivity contribution < 1.29 is 14.9 Å². The number of halogens is 1. The number of likely N-dealkylation sites (N-methyl/N-ethyl adjacent to an activating group) is 1. The van der Waals surface area contributed by atoms with E-state index in [1.807, 2.05) is 30.1 Å². The highest BCUT2D eigenvalue weighted by molar-refractivity contribution is 9.10. The van der Waals surface area contributed by atoms with Gasteiger partial charge in [0, 0.05) is 36.4 Å². The Morgan fingerprint density at radius 1 is 1.39 bits per heavy atom. The van der Waals surface area contributed by atoms with Crippen molar-refractivity contribution in [3.05, 3.63) is 28.2 Å². The van der Waals surface area contributed by atoms with Gasteiger partial charge in [-0.15, -0.1) is 0 Å². The summed E-state index contributed by atoms with van der Waals surface area (Å²) in [5, 5.41) is 19.5. The SMILES string of the molecule is COCC(O)CN(C)c1cc(Br)ccc1C(C)O. The Balaban J connectivity index is 2.89. The predicted octanol–water partition coefficient (Wildman–Crippen LogP) is 1.95. The lowest BCUT2D eigenvalue weighted by Gasteiger charge is -2.26. The van der Waals surface area contributed by atoms with Crippen LogP contribution in [0.4, 0.5) is 5.69 Å². The van der Waals surface area contributed by atoms with Crippen molar-refractivity contribution in [2.24, 2.45) is 0 Å². The summed E-state index contributed by atoms with van der Waals surface area (Å²) >= 11 is 3.42. The minimum atomic E-state index is -0.555. The molecular formula is C13H20BrNO3. The first-order valence-electron chi connectivity index (χ1n) is 5.81. The largest absolute Gasteiger partial charge is 0.389 e. The minimum Gasteiger partial charge on any atom is -0.389 e. The van der Waals surface area contributed by atoms with Gasteiger partial charge in [-0.1, -0.05) is 22.0 Å². The zero-order valence-corrected chi connectivity index (χ0v) is 12.5. The number of ether oxygens (including phenoxy) is 1. The number of aliphatic hydroxyl groups is 2. The van der Waals surface area contributed by atoms with E-state index < -0.39 is 12.2 Å². The molecular weight excluding hydrogens is 298 g/mol. The van der Waals surface area contributed by atoms with E-state index in [2.05, 4.69) is 15.9 Å². The molecule has 2 N–H and O–H groups in total. The van der Waals surface area contributed by atoms with Crippen LogP contribution in [0, 0.1) is 0 Å². The highest BCUT2D eigenvalue weighted by Crippen LogP contribution is 2.29. The van der Waals surface area contributed by atoms with Crippen molar-refractivity contribution in [3.8, 4) is 0 Å². The van der Waals surface area contributed by atoms with E-state index in [0.29, 0.717) is 13.2 Å². The van der Waals surface area contributed by atoms with Crippen LogP contribution in [0.1, 0.15) is 18.6 Å². The van der Waals surface area contributed by atoms with Gasteiger partial charge < -0.3 is 19.8 Å². The molecule has 0 aliphatic heterocycles. The van der Waals surface area contributed by atoms with E-state index in [1.165, 1.54) is 0 Å². The zero-order valence-electron chi connectivity index (χ0n) is 10.9. The number of benzene rings is 1. The number of rotatable bonds is 6. The average molecular weight is 318 g/mol. The van der Waals surface area contributed by atoms with Crippen molar-refractivity contribution in [1.29, 1.82) is 0 Å². The molecule has 1 aromatic rings. The molecule has 1 rings (SSSR count). The average Bonchev–Trinajstić information content (AvgIpc) is 2.28. The number of methoxy groups -OCH3 is 1. The number of nitrogens with zero attached hydrogens (tertiary/aromatic N) is 1. The van der Waals surface area contributed by atoms with Gasteiger partial charge in [-0.3, -0.25) is 0 Å². The lowest BCUT2D eigenvalue weighted by Crippen LogP contribution is -2.32. The highest BCUT2D eigenvalue weighted by Gasteiger charge is 2.15. The third kappa shape index (κ3) is 4.24. The molecule has 0 aromatic heterocycles. The zero-order chi connectivity index (χ0) is 13.7. The van der Waals surface area contributed by atoms with Gasteiger partial charge in [0.25, 0.3) is 0 Å². The third-order valence-corrected chi connectivity index (χ3v) is 3.19. The van der Waals surface area contributed by atoms with Gasteiger partial charge >= 0.3 is 0 Å². The molecule has 1 aromatic carbocycles. The lowest BCUT2D eigenvalue weighted by atomic mass is 10.1. The Morgan fingerprint density at radius 2 is 2.06 bits per heavy atom. The van der Waals surface area contributed by atoms with E-state index in [4.69, 9.17) is 4.74 Å². The minimum absolute atomic E-state index is 0.294. The third-order valence-electron chi connectivity index (χ3n) is 2.70. The second kappa shape index (κ2) is 7.09. The molecule has 0 spiro atoms. The summed E-state index contributed by atoms with van der Waals surface area (Å²) in [6.07, 6.45) is -1.10. The number of anilines is 1. The summed E-state index contributed by atoms with van der Waals surface area (Å²) in [7, 11) is 3.44. The number of hydrogen-bond donors (Lipinski definition) is 2. The molecule has 0 aliphatic carbocycles. The fourth-order valence-electron chi connectivity index (χ4n) is 1.86. The Labute approximate surface area is 116 Å². The molecule has 0 heterocycles. The van der Waals surface area contributed by atoms with Crippen molar-refractivity contribution in [1.82, 2.24) is 0 Å². The summed E-state index contributed by atoms with van der Waals surface area (Å²) in [5.41, 5.74) is 1.74. The van der Waals surface area contributed by atoms with Gasteiger partial charge in [-0.2, -0.15) is 0 Å². The Bertz CT molecular complexity index is 384. The Hall–Kier alpha value is -0.620. The van der Waals surface area contributed by atoms with Crippen molar-refractivity contribution in [2.45, 2.75) is 19.1 Å². The summed E-state index contributed by atoms with van der Waals surface area (Å²) < 4.78 is 5.85. The van der Waals surface area contributed by atoms with Gasteiger partial charge in [-0.05, 0) is 19.1 Å². The van der Waals surface area contributed by atoms with E-state index in [1.54, 1.807) is 14.0 Å². The monoisotopic (exact) mass is 317 g/mol. The fourth-order valence-corrected chi connectivity index (χ4v) is 2.21. The standard InChI is InChI=1S/C13H20BrNO3/c1-9(16)12-5-4-10(14)6-13(12)15(2)7-11(17)8-18-3/h4-6,9,11,16-17H,7-8H2,1-3H3. The van der Waals surface area contributed by atoms with Gasteiger partial charge in [0.05, 0.1) is 18.8 Å². The molecule has 102 valence electrons. The molecule has 5 heteroatoms. The molecule has 0 radical (unpaired) electrons. The van der Waals surface area contributed by atoms with E-state index in [9.17, 15) is 10.2 Å². The summed E-state index contributed by atoms with van der Waals surface area (Å²) in [6, 6.07) is 5.70. The van der Waals surface area contributed by atoms with Crippen LogP contribution in [0.15, 0.2) is 22.7 Å². The van der Waals surface area contributed by atoms with Gasteiger partial charge in [0.15, 0.2) is 0 Å². The molecule has 0 saturated carbocycles. The first-order chi connectivity index (χ1) is 8.45. The predicted molar refractivity (Wildman–Crippen MR) is 75.9 cm³/mol. The van der Waals surface area contributed by atoms with Crippen LogP contribution in [0.5, 0.6) is 0 Å². The molecule has 4 nitrogen and oxygen atoms in total. The van der Waals surface area contributed by atoms with Crippen molar-refractivity contribution in [2.75, 3.05) is 32.2 Å². The van der Waals surface area contributed by atoms with Crippen LogP contribution in [-0.4, -0.2) is 43.6 Å². The quantitative estimate of drug-likeness (QED) is 0.842. The van der Waals surface area contributed by atoms with E-state index in [-0.39, 0.29) is 0 Å². The van der Waals surface area contributed by atoms with Gasteiger partial charge in [0.1, 0.15) is 0 Å². The molecule has 2 atom stereocenters. The van der Waals surface area contributed by atoms with Crippen molar-refractivity contribution >= 4 is 21.6 Å². The molecule has 0 saturated heterocycles. The van der Waals surface area contributed by atoms with Crippen molar-refractivity contribution in [3.63, 3.8) is 0 Å². The molecule has 18 heavy (non-hydrogen) atoms. The van der Waals surface area contributed by atoms with Crippen LogP contribution in [0.2, 0.25) is 0 Å². The van der Waals surface area contributed by atoms with Crippen LogP contribution < -0.4 is 4.90 Å². The maximum Gasteiger partial charge on any atom is 0.0947 e. The summed E-state index contributed by atoms with van der Waals surface area (Å²) in [6.45, 7) is 2.47.